The summed E-state index contributed by atoms with van der Waals surface area (Å²) in [6, 6.07) is 0.435. The molecule has 1 saturated heterocycles. The molecule has 0 spiro atoms. The maximum Gasteiger partial charge on any atom is 0.0726 e. The SMILES string of the molecule is OCCCN1CC2CC3CC2C1C3O. The van der Waals surface area contributed by atoms with Gasteiger partial charge in [0.2, 0.25) is 0 Å². The summed E-state index contributed by atoms with van der Waals surface area (Å²) >= 11 is 0. The summed E-state index contributed by atoms with van der Waals surface area (Å²) in [7, 11) is 0. The monoisotopic (exact) mass is 197 g/mol. The molecular weight excluding hydrogens is 178 g/mol. The average Bonchev–Trinajstić information content (AvgIpc) is 2.74. The van der Waals surface area contributed by atoms with E-state index < -0.39 is 0 Å². The first-order valence-electron chi connectivity index (χ1n) is 5.84. The predicted octanol–water partition coefficient (Wildman–Crippen LogP) is 0.0699. The molecule has 3 nitrogen and oxygen atoms in total. The van der Waals surface area contributed by atoms with Gasteiger partial charge in [-0.05, 0) is 37.0 Å². The van der Waals surface area contributed by atoms with Gasteiger partial charge in [-0.25, -0.2) is 0 Å². The lowest BCUT2D eigenvalue weighted by atomic mass is 9.88. The lowest BCUT2D eigenvalue weighted by Gasteiger charge is -2.28. The Bertz CT molecular complexity index is 231. The van der Waals surface area contributed by atoms with Gasteiger partial charge in [0.25, 0.3) is 0 Å². The van der Waals surface area contributed by atoms with Crippen LogP contribution in [-0.2, 0) is 0 Å². The van der Waals surface area contributed by atoms with E-state index in [9.17, 15) is 5.11 Å². The molecule has 1 aliphatic heterocycles. The molecule has 0 aromatic rings. The molecule has 0 aromatic heterocycles. The van der Waals surface area contributed by atoms with Crippen molar-refractivity contribution >= 4 is 0 Å². The maximum atomic E-state index is 10.1. The topological polar surface area (TPSA) is 43.7 Å². The van der Waals surface area contributed by atoms with Crippen LogP contribution in [0.5, 0.6) is 0 Å². The highest BCUT2D eigenvalue weighted by Gasteiger charge is 2.58. The van der Waals surface area contributed by atoms with Crippen molar-refractivity contribution in [3.8, 4) is 0 Å². The van der Waals surface area contributed by atoms with E-state index in [4.69, 9.17) is 5.11 Å². The van der Waals surface area contributed by atoms with Crippen LogP contribution >= 0.6 is 0 Å². The van der Waals surface area contributed by atoms with E-state index in [1.54, 1.807) is 0 Å². The molecule has 3 heteroatoms. The van der Waals surface area contributed by atoms with Crippen LogP contribution in [-0.4, -0.2) is 47.0 Å². The van der Waals surface area contributed by atoms with E-state index in [0.717, 1.165) is 24.8 Å². The Morgan fingerprint density at radius 1 is 1.21 bits per heavy atom. The average molecular weight is 197 g/mol. The van der Waals surface area contributed by atoms with Gasteiger partial charge in [0.05, 0.1) is 6.10 Å². The van der Waals surface area contributed by atoms with Crippen LogP contribution < -0.4 is 0 Å². The number of hydrogen-bond acceptors (Lipinski definition) is 3. The number of rotatable bonds is 3. The zero-order valence-electron chi connectivity index (χ0n) is 8.47. The molecule has 0 radical (unpaired) electrons. The maximum absolute atomic E-state index is 10.1. The molecule has 0 aromatic carbocycles. The zero-order chi connectivity index (χ0) is 9.71. The highest BCUT2D eigenvalue weighted by Crippen LogP contribution is 2.54. The fourth-order valence-corrected chi connectivity index (χ4v) is 4.06. The van der Waals surface area contributed by atoms with Crippen LogP contribution in [0.1, 0.15) is 19.3 Å². The first kappa shape index (κ1) is 9.13. The summed E-state index contributed by atoms with van der Waals surface area (Å²) in [4.78, 5) is 2.42. The fraction of sp³-hybridized carbons (Fsp3) is 1.00. The van der Waals surface area contributed by atoms with Crippen LogP contribution in [0.4, 0.5) is 0 Å². The minimum absolute atomic E-state index is 0.0718. The highest BCUT2D eigenvalue weighted by atomic mass is 16.3. The minimum atomic E-state index is -0.0718. The van der Waals surface area contributed by atoms with Crippen molar-refractivity contribution in [1.82, 2.24) is 4.90 Å². The summed E-state index contributed by atoms with van der Waals surface area (Å²) in [5, 5.41) is 18.9. The van der Waals surface area contributed by atoms with Gasteiger partial charge in [-0.3, -0.25) is 4.90 Å². The molecule has 5 atom stereocenters. The lowest BCUT2D eigenvalue weighted by Crippen LogP contribution is -2.41. The van der Waals surface area contributed by atoms with E-state index in [0.29, 0.717) is 12.0 Å². The Morgan fingerprint density at radius 3 is 2.79 bits per heavy atom. The van der Waals surface area contributed by atoms with Crippen LogP contribution in [0.15, 0.2) is 0 Å². The normalized spacial score (nSPS) is 50.6. The number of nitrogens with zero attached hydrogens (tertiary/aromatic N) is 1. The van der Waals surface area contributed by atoms with Crippen LogP contribution in [0.25, 0.3) is 0 Å². The molecule has 2 saturated carbocycles. The van der Waals surface area contributed by atoms with Crippen molar-refractivity contribution in [2.24, 2.45) is 17.8 Å². The number of hydrogen-bond donors (Lipinski definition) is 2. The van der Waals surface area contributed by atoms with Crippen molar-refractivity contribution in [3.63, 3.8) is 0 Å². The first-order valence-corrected chi connectivity index (χ1v) is 5.84. The van der Waals surface area contributed by atoms with Crippen molar-refractivity contribution in [1.29, 1.82) is 0 Å². The molecule has 0 amide bonds. The summed E-state index contributed by atoms with van der Waals surface area (Å²) < 4.78 is 0. The van der Waals surface area contributed by atoms with E-state index >= 15 is 0 Å². The summed E-state index contributed by atoms with van der Waals surface area (Å²) in [5.41, 5.74) is 0. The molecule has 14 heavy (non-hydrogen) atoms. The third-order valence-corrected chi connectivity index (χ3v) is 4.55. The standard InChI is InChI=1S/C11H19NO2/c13-3-1-2-12-6-8-4-7-5-9(8)10(12)11(7)14/h7-11,13-14H,1-6H2. The molecule has 3 rings (SSSR count). The second kappa shape index (κ2) is 3.19. The van der Waals surface area contributed by atoms with Crippen molar-refractivity contribution in [3.05, 3.63) is 0 Å². The molecule has 2 N–H and O–H groups in total. The van der Waals surface area contributed by atoms with Crippen LogP contribution in [0, 0.1) is 17.8 Å². The summed E-state index contributed by atoms with van der Waals surface area (Å²) in [6.45, 7) is 2.42. The van der Waals surface area contributed by atoms with Gasteiger partial charge in [-0.1, -0.05) is 0 Å². The summed E-state index contributed by atoms with van der Waals surface area (Å²) in [5.74, 6) is 2.22. The molecule has 2 bridgehead atoms. The Morgan fingerprint density at radius 2 is 2.07 bits per heavy atom. The van der Waals surface area contributed by atoms with Gasteiger partial charge in [-0.2, -0.15) is 0 Å². The predicted molar refractivity (Wildman–Crippen MR) is 52.8 cm³/mol. The van der Waals surface area contributed by atoms with Crippen LogP contribution in [0.3, 0.4) is 0 Å². The van der Waals surface area contributed by atoms with E-state index in [-0.39, 0.29) is 12.7 Å². The Labute approximate surface area is 84.7 Å². The first-order chi connectivity index (χ1) is 6.81. The number of fused-ring (bicyclic) bond motifs is 1. The number of aliphatic hydroxyl groups excluding tert-OH is 2. The molecule has 2 aliphatic carbocycles. The molecule has 1 heterocycles. The second-order valence-electron chi connectivity index (χ2n) is 5.21. The minimum Gasteiger partial charge on any atom is -0.396 e. The number of aliphatic hydroxyl groups is 2. The second-order valence-corrected chi connectivity index (χ2v) is 5.21. The van der Waals surface area contributed by atoms with E-state index in [2.05, 4.69) is 4.90 Å². The lowest BCUT2D eigenvalue weighted by molar-refractivity contribution is 0.0490. The highest BCUT2D eigenvalue weighted by molar-refractivity contribution is 5.10. The Balaban J connectivity index is 1.72. The fourth-order valence-electron chi connectivity index (χ4n) is 4.06. The van der Waals surface area contributed by atoms with Gasteiger partial charge in [-0.15, -0.1) is 0 Å². The quantitative estimate of drug-likeness (QED) is 0.673. The third-order valence-electron chi connectivity index (χ3n) is 4.55. The molecular formula is C11H19NO2. The smallest absolute Gasteiger partial charge is 0.0726 e. The van der Waals surface area contributed by atoms with E-state index in [1.807, 2.05) is 0 Å². The zero-order valence-corrected chi connectivity index (χ0v) is 8.47. The van der Waals surface area contributed by atoms with Crippen molar-refractivity contribution in [2.45, 2.75) is 31.4 Å². The number of likely N-dealkylation sites (tertiary alicyclic amines) is 1. The molecule has 3 aliphatic rings. The van der Waals surface area contributed by atoms with E-state index in [1.165, 1.54) is 19.4 Å². The third kappa shape index (κ3) is 1.09. The van der Waals surface area contributed by atoms with Gasteiger partial charge >= 0.3 is 0 Å². The van der Waals surface area contributed by atoms with Crippen molar-refractivity contribution in [2.75, 3.05) is 19.7 Å². The van der Waals surface area contributed by atoms with Gasteiger partial charge < -0.3 is 10.2 Å². The Hall–Kier alpha value is -0.120. The summed E-state index contributed by atoms with van der Waals surface area (Å²) in [6.07, 6.45) is 3.29. The molecule has 5 unspecified atom stereocenters. The van der Waals surface area contributed by atoms with Gasteiger partial charge in [0.1, 0.15) is 0 Å². The van der Waals surface area contributed by atoms with Crippen LogP contribution in [0.2, 0.25) is 0 Å². The van der Waals surface area contributed by atoms with Gasteiger partial charge in [0, 0.05) is 25.7 Å². The van der Waals surface area contributed by atoms with Crippen molar-refractivity contribution < 1.29 is 10.2 Å². The Kier molecular flexibility index (Phi) is 2.08. The molecule has 3 fully saturated rings. The van der Waals surface area contributed by atoms with Gasteiger partial charge in [0.15, 0.2) is 0 Å². The molecule has 80 valence electrons. The largest absolute Gasteiger partial charge is 0.396 e.